The highest BCUT2D eigenvalue weighted by Gasteiger charge is 2.21. The first kappa shape index (κ1) is 14.8. The third-order valence-electron chi connectivity index (χ3n) is 3.56. The molecule has 1 atom stereocenters. The van der Waals surface area contributed by atoms with Gasteiger partial charge in [0.1, 0.15) is 11.6 Å². The predicted octanol–water partition coefficient (Wildman–Crippen LogP) is 4.45. The first-order valence-electron chi connectivity index (χ1n) is 6.61. The minimum Gasteiger partial charge on any atom is -0.493 e. The number of rotatable bonds is 3. The molecule has 0 aliphatic carbocycles. The lowest BCUT2D eigenvalue weighted by atomic mass is 9.98. The van der Waals surface area contributed by atoms with Crippen LogP contribution in [-0.2, 0) is 12.8 Å². The van der Waals surface area contributed by atoms with E-state index in [-0.39, 0.29) is 12.0 Å². The SMILES string of the molecule is OC(Cc1cc(Br)cc2c1OCC2)c1cc(Cl)ccc1F. The minimum absolute atomic E-state index is 0.203. The third-order valence-corrected chi connectivity index (χ3v) is 4.25. The first-order chi connectivity index (χ1) is 10.0. The van der Waals surface area contributed by atoms with Gasteiger partial charge in [-0.1, -0.05) is 27.5 Å². The van der Waals surface area contributed by atoms with E-state index in [4.69, 9.17) is 16.3 Å². The Hall–Kier alpha value is -1.10. The zero-order valence-electron chi connectivity index (χ0n) is 11.1. The van der Waals surface area contributed by atoms with E-state index in [0.29, 0.717) is 11.6 Å². The van der Waals surface area contributed by atoms with Crippen LogP contribution in [0.3, 0.4) is 0 Å². The lowest BCUT2D eigenvalue weighted by Gasteiger charge is -2.15. The van der Waals surface area contributed by atoms with Gasteiger partial charge in [-0.2, -0.15) is 0 Å². The normalized spacial score (nSPS) is 14.7. The molecule has 3 rings (SSSR count). The molecule has 2 nitrogen and oxygen atoms in total. The Morgan fingerprint density at radius 1 is 1.33 bits per heavy atom. The molecule has 1 aliphatic heterocycles. The van der Waals surface area contributed by atoms with Crippen LogP contribution < -0.4 is 4.74 Å². The number of halogens is 3. The van der Waals surface area contributed by atoms with Gasteiger partial charge in [-0.25, -0.2) is 4.39 Å². The fourth-order valence-electron chi connectivity index (χ4n) is 2.59. The van der Waals surface area contributed by atoms with Gasteiger partial charge in [0.25, 0.3) is 0 Å². The van der Waals surface area contributed by atoms with Crippen LogP contribution in [0.25, 0.3) is 0 Å². The van der Waals surface area contributed by atoms with Gasteiger partial charge in [-0.15, -0.1) is 0 Å². The van der Waals surface area contributed by atoms with Gasteiger partial charge in [-0.05, 0) is 41.5 Å². The molecule has 1 aliphatic rings. The maximum Gasteiger partial charge on any atom is 0.129 e. The van der Waals surface area contributed by atoms with E-state index in [1.54, 1.807) is 0 Å². The van der Waals surface area contributed by atoms with E-state index in [0.717, 1.165) is 27.8 Å². The van der Waals surface area contributed by atoms with Crippen molar-refractivity contribution in [3.8, 4) is 5.75 Å². The highest BCUT2D eigenvalue weighted by atomic mass is 79.9. The fraction of sp³-hybridized carbons (Fsp3) is 0.250. The van der Waals surface area contributed by atoms with E-state index in [1.807, 2.05) is 12.1 Å². The molecule has 0 amide bonds. The molecular weight excluding hydrogens is 359 g/mol. The van der Waals surface area contributed by atoms with Gasteiger partial charge in [0.2, 0.25) is 0 Å². The summed E-state index contributed by atoms with van der Waals surface area (Å²) in [5.74, 6) is 0.346. The van der Waals surface area contributed by atoms with Crippen molar-refractivity contribution in [1.82, 2.24) is 0 Å². The van der Waals surface area contributed by atoms with Crippen molar-refractivity contribution in [3.05, 3.63) is 62.3 Å². The molecule has 0 aromatic heterocycles. The summed E-state index contributed by atoms with van der Waals surface area (Å²) in [6.07, 6.45) is 0.161. The summed E-state index contributed by atoms with van der Waals surface area (Å²) in [4.78, 5) is 0. The van der Waals surface area contributed by atoms with Gasteiger partial charge in [0, 0.05) is 27.9 Å². The molecule has 0 spiro atoms. The van der Waals surface area contributed by atoms with Crippen LogP contribution in [0.2, 0.25) is 5.02 Å². The van der Waals surface area contributed by atoms with E-state index in [2.05, 4.69) is 15.9 Å². The molecule has 1 heterocycles. The summed E-state index contributed by atoms with van der Waals surface area (Å²) >= 11 is 9.33. The molecule has 0 fully saturated rings. The molecule has 0 saturated carbocycles. The van der Waals surface area contributed by atoms with Crippen LogP contribution in [0.15, 0.2) is 34.8 Å². The third kappa shape index (κ3) is 3.07. The van der Waals surface area contributed by atoms with E-state index < -0.39 is 11.9 Å². The summed E-state index contributed by atoms with van der Waals surface area (Å²) in [6, 6.07) is 8.10. The van der Waals surface area contributed by atoms with Crippen LogP contribution >= 0.6 is 27.5 Å². The van der Waals surface area contributed by atoms with Crippen molar-refractivity contribution in [3.63, 3.8) is 0 Å². The molecule has 2 aromatic carbocycles. The Balaban J connectivity index is 1.92. The maximum atomic E-state index is 13.8. The molecule has 2 aromatic rings. The second-order valence-corrected chi connectivity index (χ2v) is 6.39. The number of hydrogen-bond donors (Lipinski definition) is 1. The van der Waals surface area contributed by atoms with Crippen molar-refractivity contribution < 1.29 is 14.2 Å². The molecular formula is C16H13BrClFO2. The van der Waals surface area contributed by atoms with E-state index in [9.17, 15) is 9.50 Å². The molecule has 1 N–H and O–H groups in total. The quantitative estimate of drug-likeness (QED) is 0.863. The Morgan fingerprint density at radius 3 is 2.95 bits per heavy atom. The molecule has 1 unspecified atom stereocenters. The Bertz CT molecular complexity index is 690. The number of aliphatic hydroxyl groups is 1. The second-order valence-electron chi connectivity index (χ2n) is 5.04. The minimum atomic E-state index is -0.966. The molecule has 5 heteroatoms. The van der Waals surface area contributed by atoms with E-state index in [1.165, 1.54) is 18.2 Å². The van der Waals surface area contributed by atoms with Crippen LogP contribution in [0.1, 0.15) is 22.8 Å². The van der Waals surface area contributed by atoms with Gasteiger partial charge in [0.05, 0.1) is 12.7 Å². The Morgan fingerprint density at radius 2 is 2.14 bits per heavy atom. The van der Waals surface area contributed by atoms with Gasteiger partial charge in [-0.3, -0.25) is 0 Å². The smallest absolute Gasteiger partial charge is 0.129 e. The standard InChI is InChI=1S/C16H13BrClFO2/c17-11-5-9-3-4-21-16(9)10(6-11)7-15(20)13-8-12(18)1-2-14(13)19/h1-2,5-6,8,15,20H,3-4,7H2. The molecule has 21 heavy (non-hydrogen) atoms. The lowest BCUT2D eigenvalue weighted by Crippen LogP contribution is -2.05. The number of aliphatic hydroxyl groups excluding tert-OH is 1. The fourth-order valence-corrected chi connectivity index (χ4v) is 3.32. The summed E-state index contributed by atoms with van der Waals surface area (Å²) in [6.45, 7) is 0.639. The van der Waals surface area contributed by atoms with Gasteiger partial charge < -0.3 is 9.84 Å². The zero-order chi connectivity index (χ0) is 15.0. The van der Waals surface area contributed by atoms with Crippen molar-refractivity contribution in [2.45, 2.75) is 18.9 Å². The van der Waals surface area contributed by atoms with Crippen molar-refractivity contribution in [1.29, 1.82) is 0 Å². The Labute approximate surface area is 135 Å². The average Bonchev–Trinajstić information content (AvgIpc) is 2.89. The van der Waals surface area contributed by atoms with Gasteiger partial charge in [0.15, 0.2) is 0 Å². The largest absolute Gasteiger partial charge is 0.493 e. The predicted molar refractivity (Wildman–Crippen MR) is 83.4 cm³/mol. The van der Waals surface area contributed by atoms with Crippen molar-refractivity contribution in [2.24, 2.45) is 0 Å². The maximum absolute atomic E-state index is 13.8. The van der Waals surface area contributed by atoms with Gasteiger partial charge >= 0.3 is 0 Å². The second kappa shape index (κ2) is 5.95. The average molecular weight is 372 g/mol. The lowest BCUT2D eigenvalue weighted by molar-refractivity contribution is 0.172. The molecule has 0 saturated heterocycles. The summed E-state index contributed by atoms with van der Waals surface area (Å²) in [5, 5.41) is 10.7. The molecule has 0 bridgehead atoms. The summed E-state index contributed by atoms with van der Waals surface area (Å²) < 4.78 is 20.4. The van der Waals surface area contributed by atoms with Crippen LogP contribution in [0.5, 0.6) is 5.75 Å². The Kier molecular flexibility index (Phi) is 4.20. The van der Waals surface area contributed by atoms with Crippen LogP contribution in [-0.4, -0.2) is 11.7 Å². The molecule has 0 radical (unpaired) electrons. The monoisotopic (exact) mass is 370 g/mol. The molecule has 110 valence electrons. The summed E-state index contributed by atoms with van der Waals surface area (Å²) in [7, 11) is 0. The number of hydrogen-bond acceptors (Lipinski definition) is 2. The highest BCUT2D eigenvalue weighted by molar-refractivity contribution is 9.10. The topological polar surface area (TPSA) is 29.5 Å². The highest BCUT2D eigenvalue weighted by Crippen LogP contribution is 2.36. The van der Waals surface area contributed by atoms with Crippen LogP contribution in [0.4, 0.5) is 4.39 Å². The number of benzene rings is 2. The van der Waals surface area contributed by atoms with E-state index >= 15 is 0 Å². The first-order valence-corrected chi connectivity index (χ1v) is 7.79. The van der Waals surface area contributed by atoms with Crippen LogP contribution in [0, 0.1) is 5.82 Å². The van der Waals surface area contributed by atoms with Crippen molar-refractivity contribution >= 4 is 27.5 Å². The number of fused-ring (bicyclic) bond motifs is 1. The van der Waals surface area contributed by atoms with Crippen molar-refractivity contribution in [2.75, 3.05) is 6.61 Å². The summed E-state index contributed by atoms with van der Waals surface area (Å²) in [5.41, 5.74) is 2.18. The number of ether oxygens (including phenoxy) is 1. The zero-order valence-corrected chi connectivity index (χ0v) is 13.4.